The molecule has 122 valence electrons. The number of carbonyl (C=O) groups excluding carboxylic acids is 1. The van der Waals surface area contributed by atoms with Crippen LogP contribution in [0.25, 0.3) is 0 Å². The molecule has 5 nitrogen and oxygen atoms in total. The van der Waals surface area contributed by atoms with Crippen LogP contribution in [-0.4, -0.2) is 25.2 Å². The third-order valence-corrected chi connectivity index (χ3v) is 3.72. The number of aliphatic hydroxyl groups is 1. The Bertz CT molecular complexity index is 689. The summed E-state index contributed by atoms with van der Waals surface area (Å²) in [5.74, 6) is 0. The first-order valence-corrected chi connectivity index (χ1v) is 7.59. The van der Waals surface area contributed by atoms with Gasteiger partial charge >= 0.3 is 6.03 Å². The van der Waals surface area contributed by atoms with Gasteiger partial charge in [-0.2, -0.15) is 0 Å². The van der Waals surface area contributed by atoms with E-state index >= 15 is 0 Å². The Morgan fingerprint density at radius 3 is 2.48 bits per heavy atom. The van der Waals surface area contributed by atoms with Crippen LogP contribution >= 0.6 is 11.6 Å². The van der Waals surface area contributed by atoms with Crippen molar-refractivity contribution in [2.45, 2.75) is 13.2 Å². The lowest BCUT2D eigenvalue weighted by Crippen LogP contribution is -2.29. The number of amides is 2. The van der Waals surface area contributed by atoms with E-state index in [2.05, 4.69) is 10.6 Å². The molecule has 2 aromatic carbocycles. The van der Waals surface area contributed by atoms with Gasteiger partial charge in [-0.05, 0) is 23.3 Å². The number of halogens is 1. The zero-order valence-electron chi connectivity index (χ0n) is 13.1. The molecule has 3 N–H and O–H groups in total. The van der Waals surface area contributed by atoms with Gasteiger partial charge in [0.05, 0.1) is 23.0 Å². The second-order valence-corrected chi connectivity index (χ2v) is 5.67. The fourth-order valence-electron chi connectivity index (χ4n) is 2.30. The number of para-hydroxylation sites is 1. The minimum absolute atomic E-state index is 0.0570. The molecule has 0 aromatic heterocycles. The number of anilines is 2. The Kier molecular flexibility index (Phi) is 5.84. The number of nitrogens with zero attached hydrogens (tertiary/aromatic N) is 1. The summed E-state index contributed by atoms with van der Waals surface area (Å²) in [7, 11) is 3.73. The third kappa shape index (κ3) is 4.37. The maximum atomic E-state index is 12.1. The lowest BCUT2D eigenvalue weighted by molar-refractivity contribution is 0.251. The highest BCUT2D eigenvalue weighted by Gasteiger charge is 2.12. The van der Waals surface area contributed by atoms with E-state index in [9.17, 15) is 9.90 Å². The SMILES string of the molecule is CN(C)c1c(Cl)cccc1NC(=O)NCc1ccccc1CO. The Labute approximate surface area is 140 Å². The van der Waals surface area contributed by atoms with Crippen LogP contribution in [0, 0.1) is 0 Å². The van der Waals surface area contributed by atoms with Crippen molar-refractivity contribution in [3.8, 4) is 0 Å². The molecule has 0 saturated carbocycles. The molecule has 0 fully saturated rings. The molecule has 0 aliphatic rings. The number of rotatable bonds is 5. The summed E-state index contributed by atoms with van der Waals surface area (Å²) in [4.78, 5) is 14.0. The van der Waals surface area contributed by atoms with Crippen LogP contribution in [0.15, 0.2) is 42.5 Å². The number of hydrogen-bond acceptors (Lipinski definition) is 3. The number of urea groups is 1. The predicted octanol–water partition coefficient (Wildman–Crippen LogP) is 3.22. The molecule has 0 bridgehead atoms. The van der Waals surface area contributed by atoms with Crippen LogP contribution in [0.3, 0.4) is 0 Å². The van der Waals surface area contributed by atoms with Gasteiger partial charge in [-0.25, -0.2) is 4.79 Å². The van der Waals surface area contributed by atoms with Crippen molar-refractivity contribution in [1.29, 1.82) is 0 Å². The van der Waals surface area contributed by atoms with E-state index in [1.807, 2.05) is 43.3 Å². The van der Waals surface area contributed by atoms with Crippen molar-refractivity contribution >= 4 is 29.0 Å². The van der Waals surface area contributed by atoms with Crippen molar-refractivity contribution < 1.29 is 9.90 Å². The fraction of sp³-hybridized carbons (Fsp3) is 0.235. The Hall–Kier alpha value is -2.24. The molecule has 2 rings (SSSR count). The average molecular weight is 334 g/mol. The second-order valence-electron chi connectivity index (χ2n) is 5.26. The van der Waals surface area contributed by atoms with Gasteiger partial charge in [0.1, 0.15) is 0 Å². The molecule has 2 amide bonds. The van der Waals surface area contributed by atoms with Crippen LogP contribution in [0.5, 0.6) is 0 Å². The fourth-order valence-corrected chi connectivity index (χ4v) is 2.64. The molecule has 0 radical (unpaired) electrons. The largest absolute Gasteiger partial charge is 0.392 e. The molecule has 0 aliphatic carbocycles. The zero-order chi connectivity index (χ0) is 16.8. The van der Waals surface area contributed by atoms with Gasteiger partial charge in [0.2, 0.25) is 0 Å². The summed E-state index contributed by atoms with van der Waals surface area (Å²) < 4.78 is 0. The summed E-state index contributed by atoms with van der Waals surface area (Å²) in [6.45, 7) is 0.277. The van der Waals surface area contributed by atoms with Gasteiger partial charge in [-0.3, -0.25) is 0 Å². The van der Waals surface area contributed by atoms with Crippen LogP contribution in [-0.2, 0) is 13.2 Å². The number of benzene rings is 2. The molecular weight excluding hydrogens is 314 g/mol. The van der Waals surface area contributed by atoms with Crippen molar-refractivity contribution in [2.24, 2.45) is 0 Å². The molecule has 23 heavy (non-hydrogen) atoms. The van der Waals surface area contributed by atoms with Crippen molar-refractivity contribution in [3.63, 3.8) is 0 Å². The first kappa shape index (κ1) is 17.1. The number of nitrogens with one attached hydrogen (secondary N) is 2. The zero-order valence-corrected chi connectivity index (χ0v) is 13.9. The summed E-state index contributed by atoms with van der Waals surface area (Å²) in [6, 6.07) is 12.4. The van der Waals surface area contributed by atoms with Crippen molar-refractivity contribution in [2.75, 3.05) is 24.3 Å². The number of carbonyl (C=O) groups is 1. The molecule has 0 atom stereocenters. The van der Waals surface area contributed by atoms with Crippen molar-refractivity contribution in [3.05, 3.63) is 58.6 Å². The van der Waals surface area contributed by atoms with Gasteiger partial charge in [-0.15, -0.1) is 0 Å². The molecule has 0 saturated heterocycles. The normalized spacial score (nSPS) is 10.3. The molecular formula is C17H20ClN3O2. The summed E-state index contributed by atoms with van der Waals surface area (Å²) in [5, 5.41) is 15.5. The van der Waals surface area contributed by atoms with Gasteiger partial charge in [0.25, 0.3) is 0 Å². The third-order valence-electron chi connectivity index (χ3n) is 3.41. The standard InChI is InChI=1S/C17H20ClN3O2/c1-21(2)16-14(18)8-5-9-15(16)20-17(23)19-10-12-6-3-4-7-13(12)11-22/h3-9,22H,10-11H2,1-2H3,(H2,19,20,23). The Balaban J connectivity index is 2.05. The highest BCUT2D eigenvalue weighted by molar-refractivity contribution is 6.34. The first-order chi connectivity index (χ1) is 11.0. The minimum atomic E-state index is -0.330. The van der Waals surface area contributed by atoms with Crippen LogP contribution < -0.4 is 15.5 Å². The number of aliphatic hydroxyl groups excluding tert-OH is 1. The van der Waals surface area contributed by atoms with Crippen LogP contribution in [0.1, 0.15) is 11.1 Å². The lowest BCUT2D eigenvalue weighted by Gasteiger charge is -2.19. The Morgan fingerprint density at radius 1 is 1.13 bits per heavy atom. The predicted molar refractivity (Wildman–Crippen MR) is 94.0 cm³/mol. The smallest absolute Gasteiger partial charge is 0.319 e. The average Bonchev–Trinajstić information content (AvgIpc) is 2.53. The van der Waals surface area contributed by atoms with E-state index in [4.69, 9.17) is 11.6 Å². The summed E-state index contributed by atoms with van der Waals surface area (Å²) >= 11 is 6.18. The van der Waals surface area contributed by atoms with Crippen LogP contribution in [0.4, 0.5) is 16.2 Å². The number of hydrogen-bond donors (Lipinski definition) is 3. The van der Waals surface area contributed by atoms with Crippen LogP contribution in [0.2, 0.25) is 5.02 Å². The lowest BCUT2D eigenvalue weighted by atomic mass is 10.1. The molecule has 0 spiro atoms. The van der Waals surface area contributed by atoms with E-state index in [-0.39, 0.29) is 12.6 Å². The van der Waals surface area contributed by atoms with Gasteiger partial charge in [-0.1, -0.05) is 41.9 Å². The van der Waals surface area contributed by atoms with Gasteiger partial charge in [0.15, 0.2) is 0 Å². The molecule has 0 unspecified atom stereocenters. The summed E-state index contributed by atoms with van der Waals surface area (Å²) in [5.41, 5.74) is 3.06. The molecule has 6 heteroatoms. The van der Waals surface area contributed by atoms with Crippen molar-refractivity contribution in [1.82, 2.24) is 5.32 Å². The highest BCUT2D eigenvalue weighted by atomic mass is 35.5. The topological polar surface area (TPSA) is 64.6 Å². The van der Waals surface area contributed by atoms with E-state index < -0.39 is 0 Å². The van der Waals surface area contributed by atoms with E-state index in [0.29, 0.717) is 17.3 Å². The highest BCUT2D eigenvalue weighted by Crippen LogP contribution is 2.32. The molecule has 2 aromatic rings. The first-order valence-electron chi connectivity index (χ1n) is 7.21. The molecule has 0 heterocycles. The maximum absolute atomic E-state index is 12.1. The monoisotopic (exact) mass is 333 g/mol. The Morgan fingerprint density at radius 2 is 1.83 bits per heavy atom. The minimum Gasteiger partial charge on any atom is -0.392 e. The second kappa shape index (κ2) is 7.85. The van der Waals surface area contributed by atoms with Gasteiger partial charge < -0.3 is 20.6 Å². The maximum Gasteiger partial charge on any atom is 0.319 e. The van der Waals surface area contributed by atoms with Gasteiger partial charge in [0, 0.05) is 20.6 Å². The molecule has 0 aliphatic heterocycles. The summed E-state index contributed by atoms with van der Waals surface area (Å²) in [6.07, 6.45) is 0. The van der Waals surface area contributed by atoms with E-state index in [1.54, 1.807) is 18.2 Å². The van der Waals surface area contributed by atoms with E-state index in [0.717, 1.165) is 16.8 Å². The quantitative estimate of drug-likeness (QED) is 0.787. The van der Waals surface area contributed by atoms with E-state index in [1.165, 1.54) is 0 Å².